The number of carbonyl (C=O) groups excluding carboxylic acids is 1. The lowest BCUT2D eigenvalue weighted by Crippen LogP contribution is -2.60. The summed E-state index contributed by atoms with van der Waals surface area (Å²) < 4.78 is 3.20. The highest BCUT2D eigenvalue weighted by Gasteiger charge is 2.39. The highest BCUT2D eigenvalue weighted by molar-refractivity contribution is 9.10. The van der Waals surface area contributed by atoms with Crippen LogP contribution in [0, 0.1) is 12.8 Å². The Hall–Kier alpha value is -2.55. The first-order valence-corrected chi connectivity index (χ1v) is 14.7. The van der Waals surface area contributed by atoms with E-state index >= 15 is 0 Å². The molecule has 1 unspecified atom stereocenters. The summed E-state index contributed by atoms with van der Waals surface area (Å²) in [6.07, 6.45) is 10.2. The van der Waals surface area contributed by atoms with Gasteiger partial charge in [0, 0.05) is 56.1 Å². The summed E-state index contributed by atoms with van der Waals surface area (Å²) in [6.45, 7) is 7.13. The van der Waals surface area contributed by atoms with Gasteiger partial charge in [0.2, 0.25) is 5.91 Å². The van der Waals surface area contributed by atoms with Gasteiger partial charge in [0.05, 0.1) is 23.8 Å². The molecule has 4 heterocycles. The molecule has 0 saturated carbocycles. The molecule has 3 atom stereocenters. The Kier molecular flexibility index (Phi) is 7.38. The molecule has 6 rings (SSSR count). The predicted molar refractivity (Wildman–Crippen MR) is 152 cm³/mol. The van der Waals surface area contributed by atoms with Crippen molar-refractivity contribution in [3.05, 3.63) is 81.6 Å². The summed E-state index contributed by atoms with van der Waals surface area (Å²) in [6, 6.07) is 11.0. The highest BCUT2D eigenvalue weighted by atomic mass is 79.9. The van der Waals surface area contributed by atoms with Crippen molar-refractivity contribution in [2.75, 3.05) is 39.8 Å². The van der Waals surface area contributed by atoms with Crippen molar-refractivity contribution in [3.63, 3.8) is 0 Å². The van der Waals surface area contributed by atoms with Crippen LogP contribution in [0.3, 0.4) is 0 Å². The average molecular weight is 578 g/mol. The van der Waals surface area contributed by atoms with E-state index in [2.05, 4.69) is 83.8 Å². The summed E-state index contributed by atoms with van der Waals surface area (Å²) >= 11 is 3.64. The van der Waals surface area contributed by atoms with Gasteiger partial charge in [0.1, 0.15) is 6.04 Å². The Balaban J connectivity index is 1.24. The fourth-order valence-corrected chi connectivity index (χ4v) is 7.02. The molecule has 2 aliphatic heterocycles. The largest absolute Gasteiger partial charge is 0.341 e. The van der Waals surface area contributed by atoms with Crippen molar-refractivity contribution < 1.29 is 4.79 Å². The maximum atomic E-state index is 14.0. The third kappa shape index (κ3) is 5.18. The number of amides is 1. The maximum Gasteiger partial charge on any atom is 0.241 e. The van der Waals surface area contributed by atoms with Crippen molar-refractivity contribution in [2.24, 2.45) is 5.92 Å². The van der Waals surface area contributed by atoms with Crippen molar-refractivity contribution in [1.29, 1.82) is 0 Å². The fourth-order valence-electron chi connectivity index (χ4n) is 6.64. The number of likely N-dealkylation sites (tertiary alicyclic amines) is 1. The van der Waals surface area contributed by atoms with E-state index in [0.717, 1.165) is 74.3 Å². The topological polar surface area (TPSA) is 57.5 Å². The Bertz CT molecular complexity index is 1310. The molecule has 8 heteroatoms. The number of aromatic nitrogens is 3. The number of piperidine rings is 1. The van der Waals surface area contributed by atoms with Crippen molar-refractivity contribution in [3.8, 4) is 0 Å². The van der Waals surface area contributed by atoms with Gasteiger partial charge < -0.3 is 9.47 Å². The Labute approximate surface area is 234 Å². The van der Waals surface area contributed by atoms with Gasteiger partial charge in [0.15, 0.2) is 0 Å². The van der Waals surface area contributed by atoms with Crippen molar-refractivity contribution in [2.45, 2.75) is 51.2 Å². The molecule has 200 valence electrons. The number of benzene rings is 1. The molecule has 0 N–H and O–H groups in total. The fraction of sp³-hybridized carbons (Fsp3) is 0.500. The van der Waals surface area contributed by atoms with Crippen molar-refractivity contribution in [1.82, 2.24) is 29.2 Å². The number of hydrogen-bond donors (Lipinski definition) is 0. The summed E-state index contributed by atoms with van der Waals surface area (Å²) in [5.41, 5.74) is 6.22. The maximum absolute atomic E-state index is 14.0. The van der Waals surface area contributed by atoms with Gasteiger partial charge in [-0.05, 0) is 84.3 Å². The molecule has 2 saturated heterocycles. The molecule has 0 bridgehead atoms. The number of pyridine rings is 1. The number of carbonyl (C=O) groups is 1. The van der Waals surface area contributed by atoms with Gasteiger partial charge >= 0.3 is 0 Å². The second kappa shape index (κ2) is 10.9. The van der Waals surface area contributed by atoms with Crippen LogP contribution in [0.1, 0.15) is 47.0 Å². The second-order valence-corrected chi connectivity index (χ2v) is 12.2. The van der Waals surface area contributed by atoms with Crippen molar-refractivity contribution >= 4 is 21.8 Å². The molecule has 2 aromatic heterocycles. The number of halogens is 1. The van der Waals surface area contributed by atoms with E-state index in [1.54, 1.807) is 0 Å². The molecule has 0 spiro atoms. The SMILES string of the molecule is Cc1cn(C[C@@H]2CCCN(C(=O)[C@H]3CN(C4c5ccccc5CCc5cc(Br)cnc54)CCN3C)C2)cn1. The number of aryl methyl sites for hydroxylation is 3. The lowest BCUT2D eigenvalue weighted by molar-refractivity contribution is -0.141. The van der Waals surface area contributed by atoms with E-state index in [0.29, 0.717) is 12.5 Å². The van der Waals surface area contributed by atoms with E-state index in [1.165, 1.54) is 16.7 Å². The molecule has 1 amide bonds. The molecule has 0 radical (unpaired) electrons. The zero-order valence-electron chi connectivity index (χ0n) is 22.4. The van der Waals surface area contributed by atoms with Crippen LogP contribution in [0.15, 0.2) is 53.5 Å². The van der Waals surface area contributed by atoms with E-state index in [9.17, 15) is 4.79 Å². The van der Waals surface area contributed by atoms with E-state index < -0.39 is 0 Å². The van der Waals surface area contributed by atoms with Crippen LogP contribution in [-0.4, -0.2) is 81.0 Å². The standard InChI is InChI=1S/C30H37BrN6O/c1-21-16-35(20-33-21)17-22-6-5-11-37(18-22)30(38)27-19-36(13-12-34(27)2)29-26-8-4-3-7-23(26)9-10-24-14-25(31)15-32-28(24)29/h3-4,7-8,14-16,20,22,27,29H,5-6,9-13,17-19H2,1-2H3/t22-,27+,29?/m0/s1. The lowest BCUT2D eigenvalue weighted by atomic mass is 9.94. The zero-order chi connectivity index (χ0) is 26.2. The van der Waals surface area contributed by atoms with Crippen LogP contribution >= 0.6 is 15.9 Å². The normalized spacial score (nSPS) is 24.5. The number of fused-ring (bicyclic) bond motifs is 2. The van der Waals surface area contributed by atoms with E-state index in [4.69, 9.17) is 4.98 Å². The first-order valence-electron chi connectivity index (χ1n) is 13.9. The molecule has 3 aliphatic rings. The second-order valence-electron chi connectivity index (χ2n) is 11.3. The monoisotopic (exact) mass is 576 g/mol. The quantitative estimate of drug-likeness (QED) is 0.468. The van der Waals surface area contributed by atoms with Crippen LogP contribution in [0.5, 0.6) is 0 Å². The molecule has 3 aromatic rings. The van der Waals surface area contributed by atoms with Gasteiger partial charge in [0.25, 0.3) is 0 Å². The number of hydrogen-bond acceptors (Lipinski definition) is 5. The molecular formula is C30H37BrN6O. The van der Waals surface area contributed by atoms with Gasteiger partial charge in [-0.2, -0.15) is 0 Å². The number of imidazole rings is 1. The van der Waals surface area contributed by atoms with Crippen LogP contribution < -0.4 is 0 Å². The number of piperazine rings is 1. The molecular weight excluding hydrogens is 540 g/mol. The van der Waals surface area contributed by atoms with Crippen LogP contribution in [0.4, 0.5) is 0 Å². The van der Waals surface area contributed by atoms with Crippen LogP contribution in [0.2, 0.25) is 0 Å². The van der Waals surface area contributed by atoms with Gasteiger partial charge in [-0.25, -0.2) is 4.98 Å². The molecule has 1 aliphatic carbocycles. The minimum Gasteiger partial charge on any atom is -0.341 e. The average Bonchev–Trinajstić information content (AvgIpc) is 3.26. The highest BCUT2D eigenvalue weighted by Crippen LogP contribution is 2.37. The lowest BCUT2D eigenvalue weighted by Gasteiger charge is -2.45. The Morgan fingerprint density at radius 1 is 1.08 bits per heavy atom. The molecule has 38 heavy (non-hydrogen) atoms. The summed E-state index contributed by atoms with van der Waals surface area (Å²) in [5, 5.41) is 0. The number of nitrogens with zero attached hydrogens (tertiary/aromatic N) is 6. The summed E-state index contributed by atoms with van der Waals surface area (Å²) in [4.78, 5) is 30.3. The number of rotatable bonds is 4. The predicted octanol–water partition coefficient (Wildman–Crippen LogP) is 4.09. The summed E-state index contributed by atoms with van der Waals surface area (Å²) in [5.74, 6) is 0.740. The van der Waals surface area contributed by atoms with Gasteiger partial charge in [-0.3, -0.25) is 19.6 Å². The van der Waals surface area contributed by atoms with Crippen LogP contribution in [0.25, 0.3) is 0 Å². The first kappa shape index (κ1) is 25.7. The third-order valence-electron chi connectivity index (χ3n) is 8.63. The molecule has 1 aromatic carbocycles. The smallest absolute Gasteiger partial charge is 0.241 e. The Morgan fingerprint density at radius 2 is 1.92 bits per heavy atom. The van der Waals surface area contributed by atoms with Crippen LogP contribution in [-0.2, 0) is 24.2 Å². The third-order valence-corrected chi connectivity index (χ3v) is 9.07. The minimum atomic E-state index is -0.146. The molecule has 7 nitrogen and oxygen atoms in total. The van der Waals surface area contributed by atoms with E-state index in [1.807, 2.05) is 19.4 Å². The summed E-state index contributed by atoms with van der Waals surface area (Å²) in [7, 11) is 2.11. The Morgan fingerprint density at radius 3 is 2.76 bits per heavy atom. The van der Waals surface area contributed by atoms with Gasteiger partial charge in [-0.1, -0.05) is 24.3 Å². The van der Waals surface area contributed by atoms with E-state index in [-0.39, 0.29) is 18.0 Å². The first-order chi connectivity index (χ1) is 18.5. The number of likely N-dealkylation sites (N-methyl/N-ethyl adjacent to an activating group) is 1. The minimum absolute atomic E-state index is 0.0689. The zero-order valence-corrected chi connectivity index (χ0v) is 24.0. The molecule has 2 fully saturated rings. The van der Waals surface area contributed by atoms with Gasteiger partial charge in [-0.15, -0.1) is 0 Å².